The molecule has 1 aromatic heterocycles. The van der Waals surface area contributed by atoms with Crippen molar-refractivity contribution in [2.75, 3.05) is 5.73 Å². The van der Waals surface area contributed by atoms with E-state index in [1.807, 2.05) is 6.07 Å². The lowest BCUT2D eigenvalue weighted by Crippen LogP contribution is -1.90. The molecule has 0 saturated heterocycles. The summed E-state index contributed by atoms with van der Waals surface area (Å²) in [7, 11) is 0. The molecule has 0 unspecified atom stereocenters. The van der Waals surface area contributed by atoms with E-state index in [9.17, 15) is 4.39 Å². The van der Waals surface area contributed by atoms with Gasteiger partial charge in [0.15, 0.2) is 0 Å². The van der Waals surface area contributed by atoms with E-state index in [-0.39, 0.29) is 5.88 Å². The van der Waals surface area contributed by atoms with E-state index >= 15 is 0 Å². The zero-order valence-corrected chi connectivity index (χ0v) is 13.0. The van der Waals surface area contributed by atoms with Crippen LogP contribution in [-0.2, 0) is 0 Å². The maximum Gasteiger partial charge on any atom is 0.230 e. The van der Waals surface area contributed by atoms with Crippen molar-refractivity contribution in [2.45, 2.75) is 0 Å². The van der Waals surface area contributed by atoms with Crippen molar-refractivity contribution in [3.05, 3.63) is 57.8 Å². The first-order chi connectivity index (χ1) is 10.1. The SMILES string of the molecule is Nc1onc(-c2ccc(Br)cc2F)c1-c1ccccc1Cl. The van der Waals surface area contributed by atoms with Crippen molar-refractivity contribution in [2.24, 2.45) is 0 Å². The zero-order valence-electron chi connectivity index (χ0n) is 10.6. The molecule has 0 aliphatic heterocycles. The number of nitrogens with zero attached hydrogens (tertiary/aromatic N) is 1. The Morgan fingerprint density at radius 1 is 1.14 bits per heavy atom. The molecule has 6 heteroatoms. The molecule has 0 aliphatic carbocycles. The van der Waals surface area contributed by atoms with Crippen molar-refractivity contribution < 1.29 is 8.91 Å². The molecule has 0 atom stereocenters. The molecule has 0 radical (unpaired) electrons. The summed E-state index contributed by atoms with van der Waals surface area (Å²) < 4.78 is 19.8. The number of hydrogen-bond donors (Lipinski definition) is 1. The van der Waals surface area contributed by atoms with E-state index < -0.39 is 5.82 Å². The zero-order chi connectivity index (χ0) is 15.0. The minimum atomic E-state index is -0.425. The monoisotopic (exact) mass is 366 g/mol. The topological polar surface area (TPSA) is 52.0 Å². The highest BCUT2D eigenvalue weighted by Crippen LogP contribution is 2.40. The molecular formula is C15H9BrClFN2O. The third-order valence-corrected chi connectivity index (χ3v) is 3.87. The largest absolute Gasteiger partial charge is 0.367 e. The summed E-state index contributed by atoms with van der Waals surface area (Å²) in [5.74, 6) is -0.327. The molecule has 2 N–H and O–H groups in total. The van der Waals surface area contributed by atoms with Crippen LogP contribution in [0.2, 0.25) is 5.02 Å². The van der Waals surface area contributed by atoms with Gasteiger partial charge in [-0.15, -0.1) is 0 Å². The molecule has 0 bridgehead atoms. The van der Waals surface area contributed by atoms with Crippen LogP contribution in [0, 0.1) is 5.82 Å². The van der Waals surface area contributed by atoms with Crippen LogP contribution in [0.1, 0.15) is 0 Å². The molecule has 3 aromatic rings. The summed E-state index contributed by atoms with van der Waals surface area (Å²) in [5, 5.41) is 4.37. The van der Waals surface area contributed by atoms with Crippen LogP contribution in [-0.4, -0.2) is 5.16 Å². The van der Waals surface area contributed by atoms with Crippen LogP contribution < -0.4 is 5.73 Å². The Labute approximate surface area is 133 Å². The molecule has 21 heavy (non-hydrogen) atoms. The number of nitrogen functional groups attached to an aromatic ring is 1. The number of benzene rings is 2. The highest BCUT2D eigenvalue weighted by Gasteiger charge is 2.21. The van der Waals surface area contributed by atoms with E-state index in [1.54, 1.807) is 30.3 Å². The maximum atomic E-state index is 14.2. The third-order valence-electron chi connectivity index (χ3n) is 3.05. The van der Waals surface area contributed by atoms with Crippen LogP contribution in [0.15, 0.2) is 51.5 Å². The third kappa shape index (κ3) is 2.54. The molecule has 0 aliphatic rings. The average Bonchev–Trinajstić information content (AvgIpc) is 2.81. The van der Waals surface area contributed by atoms with Crippen molar-refractivity contribution >= 4 is 33.4 Å². The predicted molar refractivity (Wildman–Crippen MR) is 84.5 cm³/mol. The lowest BCUT2D eigenvalue weighted by atomic mass is 10.0. The Morgan fingerprint density at radius 2 is 1.90 bits per heavy atom. The second-order valence-corrected chi connectivity index (χ2v) is 5.70. The fraction of sp³-hybridized carbons (Fsp3) is 0. The standard InChI is InChI=1S/C15H9BrClFN2O/c16-8-5-6-10(12(18)7-8)14-13(15(19)21-20-14)9-3-1-2-4-11(9)17/h1-7H,19H2. The van der Waals surface area contributed by atoms with Gasteiger partial charge in [0.05, 0.1) is 5.56 Å². The average molecular weight is 368 g/mol. The molecule has 106 valence electrons. The quantitative estimate of drug-likeness (QED) is 0.682. The fourth-order valence-corrected chi connectivity index (χ4v) is 2.66. The fourth-order valence-electron chi connectivity index (χ4n) is 2.09. The Balaban J connectivity index is 2.25. The highest BCUT2D eigenvalue weighted by atomic mass is 79.9. The first kappa shape index (κ1) is 14.1. The van der Waals surface area contributed by atoms with Gasteiger partial charge < -0.3 is 10.3 Å². The van der Waals surface area contributed by atoms with E-state index in [4.69, 9.17) is 21.9 Å². The van der Waals surface area contributed by atoms with Gasteiger partial charge in [0.1, 0.15) is 11.5 Å². The lowest BCUT2D eigenvalue weighted by molar-refractivity contribution is 0.439. The van der Waals surface area contributed by atoms with Crippen molar-refractivity contribution in [1.82, 2.24) is 5.16 Å². The van der Waals surface area contributed by atoms with Gasteiger partial charge in [0.25, 0.3) is 0 Å². The van der Waals surface area contributed by atoms with E-state index in [0.29, 0.717) is 31.9 Å². The van der Waals surface area contributed by atoms with Crippen LogP contribution in [0.25, 0.3) is 22.4 Å². The number of aromatic nitrogens is 1. The lowest BCUT2D eigenvalue weighted by Gasteiger charge is -2.06. The predicted octanol–water partition coefficient (Wildman–Crippen LogP) is 5.15. The van der Waals surface area contributed by atoms with Crippen LogP contribution in [0.4, 0.5) is 10.3 Å². The van der Waals surface area contributed by atoms with Crippen molar-refractivity contribution in [3.63, 3.8) is 0 Å². The minimum absolute atomic E-state index is 0.0976. The summed E-state index contributed by atoms with van der Waals surface area (Å²) in [4.78, 5) is 0. The minimum Gasteiger partial charge on any atom is -0.367 e. The smallest absolute Gasteiger partial charge is 0.230 e. The van der Waals surface area contributed by atoms with Crippen molar-refractivity contribution in [3.8, 4) is 22.4 Å². The van der Waals surface area contributed by atoms with E-state index in [2.05, 4.69) is 21.1 Å². The molecular weight excluding hydrogens is 359 g/mol. The molecule has 3 nitrogen and oxygen atoms in total. The molecule has 0 amide bonds. The second-order valence-electron chi connectivity index (χ2n) is 4.37. The Kier molecular flexibility index (Phi) is 3.69. The summed E-state index contributed by atoms with van der Waals surface area (Å²) in [6.07, 6.45) is 0. The van der Waals surface area contributed by atoms with Crippen LogP contribution >= 0.6 is 27.5 Å². The summed E-state index contributed by atoms with van der Waals surface area (Å²) in [5.41, 5.74) is 7.60. The van der Waals surface area contributed by atoms with Crippen molar-refractivity contribution in [1.29, 1.82) is 0 Å². The van der Waals surface area contributed by atoms with Gasteiger partial charge in [-0.05, 0) is 24.3 Å². The highest BCUT2D eigenvalue weighted by molar-refractivity contribution is 9.10. The van der Waals surface area contributed by atoms with E-state index in [1.165, 1.54) is 6.07 Å². The van der Waals surface area contributed by atoms with Gasteiger partial charge in [0, 0.05) is 20.6 Å². The second kappa shape index (κ2) is 5.50. The number of halogens is 3. The van der Waals surface area contributed by atoms with Gasteiger partial charge in [-0.3, -0.25) is 0 Å². The molecule has 0 spiro atoms. The van der Waals surface area contributed by atoms with Gasteiger partial charge in [0.2, 0.25) is 5.88 Å². The van der Waals surface area contributed by atoms with Crippen LogP contribution in [0.5, 0.6) is 0 Å². The summed E-state index contributed by atoms with van der Waals surface area (Å²) in [6, 6.07) is 11.8. The van der Waals surface area contributed by atoms with Gasteiger partial charge >= 0.3 is 0 Å². The number of nitrogens with two attached hydrogens (primary N) is 1. The Hall–Kier alpha value is -1.85. The number of rotatable bonds is 2. The summed E-state index contributed by atoms with van der Waals surface area (Å²) >= 11 is 9.41. The first-order valence-corrected chi connectivity index (χ1v) is 7.20. The van der Waals surface area contributed by atoms with Gasteiger partial charge in [-0.1, -0.05) is 50.9 Å². The van der Waals surface area contributed by atoms with E-state index in [0.717, 1.165) is 0 Å². The Bertz CT molecular complexity index is 819. The molecule has 0 fully saturated rings. The van der Waals surface area contributed by atoms with Gasteiger partial charge in [-0.25, -0.2) is 4.39 Å². The van der Waals surface area contributed by atoms with Crippen LogP contribution in [0.3, 0.4) is 0 Å². The first-order valence-electron chi connectivity index (χ1n) is 6.03. The van der Waals surface area contributed by atoms with Gasteiger partial charge in [-0.2, -0.15) is 0 Å². The molecule has 2 aromatic carbocycles. The molecule has 1 heterocycles. The number of anilines is 1. The number of hydrogen-bond acceptors (Lipinski definition) is 3. The maximum absolute atomic E-state index is 14.2. The Morgan fingerprint density at radius 3 is 2.62 bits per heavy atom. The molecule has 3 rings (SSSR count). The summed E-state index contributed by atoms with van der Waals surface area (Å²) in [6.45, 7) is 0. The molecule has 0 saturated carbocycles. The normalized spacial score (nSPS) is 10.8.